The van der Waals surface area contributed by atoms with Crippen molar-refractivity contribution in [3.8, 4) is 11.1 Å². The van der Waals surface area contributed by atoms with Gasteiger partial charge in [0.1, 0.15) is 22.3 Å². The fraction of sp³-hybridized carbons (Fsp3) is 0.0833. The molecule has 3 nitrogen and oxygen atoms in total. The summed E-state index contributed by atoms with van der Waals surface area (Å²) in [5.74, 6) is 0.708. The first-order valence-corrected chi connectivity index (χ1v) is 17.8. The molecule has 2 atom stereocenters. The Bertz CT molecular complexity index is 2700. The van der Waals surface area contributed by atoms with Gasteiger partial charge in [-0.15, -0.1) is 0 Å². The van der Waals surface area contributed by atoms with Crippen LogP contribution in [0.3, 0.4) is 0 Å². The minimum Gasteiger partial charge on any atom is -0.456 e. The first-order chi connectivity index (χ1) is 25.2. The number of para-hydroxylation sites is 2. The van der Waals surface area contributed by atoms with Gasteiger partial charge in [0.2, 0.25) is 0 Å². The topological polar surface area (TPSA) is 29.5 Å². The largest absolute Gasteiger partial charge is 0.456 e. The maximum atomic E-state index is 6.11. The molecular weight excluding hydrogens is 623 g/mol. The molecule has 0 spiro atoms. The van der Waals surface area contributed by atoms with Crippen molar-refractivity contribution >= 4 is 55.3 Å². The van der Waals surface area contributed by atoms with E-state index < -0.39 is 0 Å². The number of anilines is 2. The standard InChI is InChI=1S/C48H35NO2/c1-2-8-32(9-3-1)33-14-22-38(23-15-33)49(39-24-16-34(17-25-39)36-20-28-47-43(30-36)41-10-4-6-12-45(41)50-47)40-26-18-35(19-27-40)37-21-29-48-44(31-37)42-11-5-7-13-46(42)51-48/h1-8,10-18,20-32,35H,9,19H2. The molecule has 0 saturated heterocycles. The third-order valence-corrected chi connectivity index (χ3v) is 10.6. The summed E-state index contributed by atoms with van der Waals surface area (Å²) in [4.78, 5) is 2.39. The van der Waals surface area contributed by atoms with Gasteiger partial charge < -0.3 is 13.7 Å². The molecule has 10 rings (SSSR count). The first kappa shape index (κ1) is 29.6. The van der Waals surface area contributed by atoms with E-state index in [0.29, 0.717) is 11.8 Å². The number of benzene rings is 6. The summed E-state index contributed by atoms with van der Waals surface area (Å²) in [6, 6.07) is 47.8. The molecule has 0 N–H and O–H groups in total. The number of hydrogen-bond acceptors (Lipinski definition) is 3. The lowest BCUT2D eigenvalue weighted by Gasteiger charge is -2.29. The second kappa shape index (κ2) is 12.2. The summed E-state index contributed by atoms with van der Waals surface area (Å²) in [5.41, 5.74) is 12.1. The molecule has 2 heterocycles. The van der Waals surface area contributed by atoms with E-state index in [1.54, 1.807) is 0 Å². The van der Waals surface area contributed by atoms with Crippen LogP contribution in [0.2, 0.25) is 0 Å². The van der Waals surface area contributed by atoms with Crippen LogP contribution < -0.4 is 4.90 Å². The number of allylic oxidation sites excluding steroid dienone is 7. The lowest BCUT2D eigenvalue weighted by Crippen LogP contribution is -2.17. The molecule has 51 heavy (non-hydrogen) atoms. The fourth-order valence-corrected chi connectivity index (χ4v) is 7.85. The Morgan fingerprint density at radius 2 is 1.06 bits per heavy atom. The third kappa shape index (κ3) is 5.30. The van der Waals surface area contributed by atoms with E-state index >= 15 is 0 Å². The van der Waals surface area contributed by atoms with Gasteiger partial charge in [-0.25, -0.2) is 0 Å². The van der Waals surface area contributed by atoms with E-state index in [2.05, 4.69) is 157 Å². The van der Waals surface area contributed by atoms with Crippen molar-refractivity contribution in [2.24, 2.45) is 0 Å². The van der Waals surface area contributed by atoms with E-state index in [-0.39, 0.29) is 0 Å². The summed E-state index contributed by atoms with van der Waals surface area (Å²) >= 11 is 0. The molecule has 0 radical (unpaired) electrons. The van der Waals surface area contributed by atoms with Crippen LogP contribution in [0, 0.1) is 0 Å². The predicted octanol–water partition coefficient (Wildman–Crippen LogP) is 13.5. The summed E-state index contributed by atoms with van der Waals surface area (Å²) in [5, 5.41) is 4.63. The highest BCUT2D eigenvalue weighted by Crippen LogP contribution is 2.39. The van der Waals surface area contributed by atoms with Gasteiger partial charge in [-0.05, 0) is 102 Å². The number of hydrogen-bond donors (Lipinski definition) is 0. The quantitative estimate of drug-likeness (QED) is 0.178. The van der Waals surface area contributed by atoms with Gasteiger partial charge in [-0.1, -0.05) is 109 Å². The molecule has 0 amide bonds. The maximum absolute atomic E-state index is 6.11. The van der Waals surface area contributed by atoms with E-state index in [1.165, 1.54) is 38.7 Å². The van der Waals surface area contributed by atoms with Gasteiger partial charge in [0.15, 0.2) is 0 Å². The smallest absolute Gasteiger partial charge is 0.135 e. The SMILES string of the molecule is C1=CCC(c2ccc(N(C3=CCC(c4ccc5oc6ccccc6c5c4)C=C3)c3ccc(-c4ccc5oc6ccccc6c5c4)cc3)cc2)C=C1. The summed E-state index contributed by atoms with van der Waals surface area (Å²) in [6.07, 6.45) is 17.8. The van der Waals surface area contributed by atoms with Gasteiger partial charge in [0.05, 0.1) is 0 Å². The zero-order valence-electron chi connectivity index (χ0n) is 28.1. The Balaban J connectivity index is 0.983. The van der Waals surface area contributed by atoms with Crippen molar-refractivity contribution in [3.05, 3.63) is 193 Å². The minimum atomic E-state index is 0.290. The Labute approximate surface area is 296 Å². The highest BCUT2D eigenvalue weighted by Gasteiger charge is 2.20. The van der Waals surface area contributed by atoms with Crippen LogP contribution in [-0.4, -0.2) is 0 Å². The summed E-state index contributed by atoms with van der Waals surface area (Å²) in [7, 11) is 0. The first-order valence-electron chi connectivity index (χ1n) is 17.8. The van der Waals surface area contributed by atoms with E-state index in [1.807, 2.05) is 24.3 Å². The van der Waals surface area contributed by atoms with Crippen molar-refractivity contribution in [3.63, 3.8) is 0 Å². The Kier molecular flexibility index (Phi) is 7.09. The van der Waals surface area contributed by atoms with Crippen molar-refractivity contribution in [1.29, 1.82) is 0 Å². The van der Waals surface area contributed by atoms with Crippen molar-refractivity contribution < 1.29 is 8.83 Å². The fourth-order valence-electron chi connectivity index (χ4n) is 7.85. The lowest BCUT2D eigenvalue weighted by molar-refractivity contribution is 0.668. The molecule has 0 fully saturated rings. The van der Waals surface area contributed by atoms with Gasteiger partial charge in [-0.2, -0.15) is 0 Å². The Hall–Kier alpha value is -6.32. The van der Waals surface area contributed by atoms with Crippen molar-refractivity contribution in [1.82, 2.24) is 0 Å². The molecule has 8 aromatic rings. The number of rotatable bonds is 6. The van der Waals surface area contributed by atoms with Gasteiger partial charge >= 0.3 is 0 Å². The minimum absolute atomic E-state index is 0.290. The third-order valence-electron chi connectivity index (χ3n) is 10.6. The molecule has 0 aliphatic heterocycles. The average molecular weight is 658 g/mol. The number of fused-ring (bicyclic) bond motifs is 6. The van der Waals surface area contributed by atoms with Gasteiger partial charge in [0.25, 0.3) is 0 Å². The predicted molar refractivity (Wildman–Crippen MR) is 212 cm³/mol. The second-order valence-electron chi connectivity index (χ2n) is 13.6. The summed E-state index contributed by atoms with van der Waals surface area (Å²) in [6.45, 7) is 0. The maximum Gasteiger partial charge on any atom is 0.135 e. The molecule has 3 heteroatoms. The molecule has 0 saturated carbocycles. The normalized spacial score (nSPS) is 17.1. The van der Waals surface area contributed by atoms with Crippen LogP contribution in [0.5, 0.6) is 0 Å². The molecule has 2 aliphatic carbocycles. The zero-order chi connectivity index (χ0) is 33.7. The molecule has 244 valence electrons. The number of nitrogens with zero attached hydrogens (tertiary/aromatic N) is 1. The molecule has 2 unspecified atom stereocenters. The second-order valence-corrected chi connectivity index (χ2v) is 13.6. The molecule has 2 aromatic heterocycles. The highest BCUT2D eigenvalue weighted by atomic mass is 16.3. The van der Waals surface area contributed by atoms with E-state index in [4.69, 9.17) is 8.83 Å². The number of furan rings is 2. The Morgan fingerprint density at radius 1 is 0.471 bits per heavy atom. The van der Waals surface area contributed by atoms with Gasteiger partial charge in [-0.3, -0.25) is 0 Å². The molecular formula is C48H35NO2. The van der Waals surface area contributed by atoms with E-state index in [0.717, 1.165) is 57.3 Å². The monoisotopic (exact) mass is 657 g/mol. The van der Waals surface area contributed by atoms with Crippen LogP contribution in [0.15, 0.2) is 191 Å². The van der Waals surface area contributed by atoms with Crippen molar-refractivity contribution in [2.75, 3.05) is 4.90 Å². The average Bonchev–Trinajstić information content (AvgIpc) is 3.77. The van der Waals surface area contributed by atoms with Crippen LogP contribution in [0.25, 0.3) is 55.0 Å². The van der Waals surface area contributed by atoms with E-state index in [9.17, 15) is 0 Å². The molecule has 2 aliphatic rings. The van der Waals surface area contributed by atoms with Crippen LogP contribution in [-0.2, 0) is 0 Å². The van der Waals surface area contributed by atoms with Gasteiger partial charge in [0, 0.05) is 50.5 Å². The van der Waals surface area contributed by atoms with Crippen molar-refractivity contribution in [2.45, 2.75) is 24.7 Å². The molecule has 6 aromatic carbocycles. The van der Waals surface area contributed by atoms with Crippen LogP contribution >= 0.6 is 0 Å². The zero-order valence-corrected chi connectivity index (χ0v) is 28.1. The van der Waals surface area contributed by atoms with Crippen LogP contribution in [0.4, 0.5) is 11.4 Å². The summed E-state index contributed by atoms with van der Waals surface area (Å²) < 4.78 is 12.2. The molecule has 0 bridgehead atoms. The Morgan fingerprint density at radius 3 is 1.73 bits per heavy atom. The lowest BCUT2D eigenvalue weighted by atomic mass is 9.90. The van der Waals surface area contributed by atoms with Crippen LogP contribution in [0.1, 0.15) is 35.8 Å². The highest BCUT2D eigenvalue weighted by molar-refractivity contribution is 6.06.